The van der Waals surface area contributed by atoms with Gasteiger partial charge in [0, 0.05) is 29.7 Å². The van der Waals surface area contributed by atoms with Crippen LogP contribution in [0.2, 0.25) is 15.1 Å². The first kappa shape index (κ1) is 19.7. The van der Waals surface area contributed by atoms with Crippen LogP contribution in [-0.2, 0) is 4.79 Å². The second-order valence-corrected chi connectivity index (χ2v) is 8.28. The summed E-state index contributed by atoms with van der Waals surface area (Å²) in [5.74, 6) is 0.660. The van der Waals surface area contributed by atoms with Crippen LogP contribution in [0.4, 0.5) is 5.69 Å². The van der Waals surface area contributed by atoms with E-state index in [0.29, 0.717) is 40.5 Å². The summed E-state index contributed by atoms with van der Waals surface area (Å²) >= 11 is 20.1. The molecule has 1 amide bonds. The molecule has 2 aromatic carbocycles. The van der Waals surface area contributed by atoms with Crippen LogP contribution in [0.15, 0.2) is 42.5 Å². The summed E-state index contributed by atoms with van der Waals surface area (Å²) in [5.41, 5.74) is 2.02. The summed E-state index contributed by atoms with van der Waals surface area (Å²) < 4.78 is 0. The van der Waals surface area contributed by atoms with Crippen LogP contribution in [0.25, 0.3) is 0 Å². The molecule has 0 spiro atoms. The molecular weight excluding hydrogens is 411 g/mol. The van der Waals surface area contributed by atoms with Crippen molar-refractivity contribution in [1.29, 1.82) is 0 Å². The molecular formula is C19H19Cl3N2OS. The van der Waals surface area contributed by atoms with Crippen LogP contribution >= 0.6 is 46.6 Å². The van der Waals surface area contributed by atoms with Crippen LogP contribution < -0.4 is 4.90 Å². The molecule has 1 aliphatic rings. The maximum absolute atomic E-state index is 12.4. The second-order valence-electron chi connectivity index (χ2n) is 6.13. The quantitative estimate of drug-likeness (QED) is 0.650. The number of halogens is 3. The van der Waals surface area contributed by atoms with Crippen LogP contribution in [0, 0.1) is 0 Å². The fourth-order valence-corrected chi connectivity index (χ4v) is 4.27. The van der Waals surface area contributed by atoms with Gasteiger partial charge in [-0.2, -0.15) is 11.8 Å². The Morgan fingerprint density at radius 1 is 1.08 bits per heavy atom. The highest BCUT2D eigenvalue weighted by Crippen LogP contribution is 2.36. The van der Waals surface area contributed by atoms with Gasteiger partial charge < -0.3 is 9.80 Å². The van der Waals surface area contributed by atoms with Crippen molar-refractivity contribution in [1.82, 2.24) is 4.90 Å². The zero-order valence-electron chi connectivity index (χ0n) is 14.3. The maximum atomic E-state index is 12.4. The van der Waals surface area contributed by atoms with E-state index in [0.717, 1.165) is 11.3 Å². The van der Waals surface area contributed by atoms with E-state index in [1.807, 2.05) is 47.6 Å². The number of carbonyl (C=O) groups is 1. The molecule has 3 nitrogen and oxygen atoms in total. The van der Waals surface area contributed by atoms with Gasteiger partial charge in [-0.1, -0.05) is 46.9 Å². The number of hydrogen-bond acceptors (Lipinski definition) is 3. The first-order valence-corrected chi connectivity index (χ1v) is 10.8. The summed E-state index contributed by atoms with van der Waals surface area (Å²) in [7, 11) is 0. The number of benzene rings is 2. The Labute approximate surface area is 173 Å². The molecule has 1 saturated heterocycles. The van der Waals surface area contributed by atoms with E-state index < -0.39 is 0 Å². The summed E-state index contributed by atoms with van der Waals surface area (Å²) in [5, 5.41) is 1.91. The highest BCUT2D eigenvalue weighted by atomic mass is 35.5. The van der Waals surface area contributed by atoms with Crippen molar-refractivity contribution >= 4 is 58.2 Å². The number of carbonyl (C=O) groups excluding carboxylic acids is 1. The number of piperazine rings is 1. The van der Waals surface area contributed by atoms with Gasteiger partial charge in [-0.15, -0.1) is 0 Å². The number of rotatable bonds is 4. The first-order chi connectivity index (χ1) is 12.5. The lowest BCUT2D eigenvalue weighted by Gasteiger charge is -2.43. The average molecular weight is 430 g/mol. The molecule has 0 radical (unpaired) electrons. The van der Waals surface area contributed by atoms with Gasteiger partial charge in [0.2, 0.25) is 5.91 Å². The van der Waals surface area contributed by atoms with E-state index in [1.54, 1.807) is 17.8 Å². The Bertz CT molecular complexity index is 785. The molecule has 1 unspecified atom stereocenters. The minimum absolute atomic E-state index is 0.00509. The van der Waals surface area contributed by atoms with Crippen molar-refractivity contribution in [2.24, 2.45) is 0 Å². The van der Waals surface area contributed by atoms with Crippen molar-refractivity contribution < 1.29 is 4.79 Å². The summed E-state index contributed by atoms with van der Waals surface area (Å²) in [4.78, 5) is 16.6. The van der Waals surface area contributed by atoms with Crippen molar-refractivity contribution in [3.8, 4) is 0 Å². The fourth-order valence-electron chi connectivity index (χ4n) is 3.20. The summed E-state index contributed by atoms with van der Waals surface area (Å²) in [6.45, 7) is 1.98. The minimum Gasteiger partial charge on any atom is -0.360 e. The lowest BCUT2D eigenvalue weighted by molar-refractivity contribution is -0.129. The van der Waals surface area contributed by atoms with Gasteiger partial charge in [0.15, 0.2) is 0 Å². The second kappa shape index (κ2) is 8.75. The van der Waals surface area contributed by atoms with E-state index in [4.69, 9.17) is 34.8 Å². The minimum atomic E-state index is 0.00509. The Kier molecular flexibility index (Phi) is 6.62. The largest absolute Gasteiger partial charge is 0.360 e. The Balaban J connectivity index is 1.94. The Morgan fingerprint density at radius 2 is 1.77 bits per heavy atom. The number of hydrogen-bond donors (Lipinski definition) is 0. The molecule has 0 aromatic heterocycles. The topological polar surface area (TPSA) is 23.6 Å². The predicted octanol–water partition coefficient (Wildman–Crippen LogP) is 5.40. The normalized spacial score (nSPS) is 17.5. The van der Waals surface area contributed by atoms with Gasteiger partial charge >= 0.3 is 0 Å². The van der Waals surface area contributed by atoms with Crippen molar-refractivity contribution in [2.45, 2.75) is 6.04 Å². The van der Waals surface area contributed by atoms with Gasteiger partial charge in [0.25, 0.3) is 0 Å². The lowest BCUT2D eigenvalue weighted by atomic mass is 10.0. The van der Waals surface area contributed by atoms with Crippen molar-refractivity contribution in [3.63, 3.8) is 0 Å². The predicted molar refractivity (Wildman–Crippen MR) is 113 cm³/mol. The third-order valence-electron chi connectivity index (χ3n) is 4.47. The molecule has 26 heavy (non-hydrogen) atoms. The molecule has 0 bridgehead atoms. The van der Waals surface area contributed by atoms with Crippen LogP contribution in [-0.4, -0.2) is 42.4 Å². The van der Waals surface area contributed by atoms with E-state index in [1.165, 1.54) is 0 Å². The Hall–Kier alpha value is -1.07. The monoisotopic (exact) mass is 428 g/mol. The third-order valence-corrected chi connectivity index (χ3v) is 5.80. The van der Waals surface area contributed by atoms with Crippen LogP contribution in [0.1, 0.15) is 11.6 Å². The number of anilines is 1. The van der Waals surface area contributed by atoms with Gasteiger partial charge in [-0.05, 0) is 42.2 Å². The van der Waals surface area contributed by atoms with E-state index in [9.17, 15) is 4.79 Å². The van der Waals surface area contributed by atoms with Gasteiger partial charge in [0.05, 0.1) is 22.5 Å². The highest BCUT2D eigenvalue weighted by molar-refractivity contribution is 7.99. The zero-order chi connectivity index (χ0) is 18.7. The van der Waals surface area contributed by atoms with Gasteiger partial charge in [-0.3, -0.25) is 4.79 Å². The maximum Gasteiger partial charge on any atom is 0.232 e. The smallest absolute Gasteiger partial charge is 0.232 e. The van der Waals surface area contributed by atoms with E-state index in [-0.39, 0.29) is 11.9 Å². The fraction of sp³-hybridized carbons (Fsp3) is 0.316. The molecule has 0 saturated carbocycles. The molecule has 3 rings (SSSR count). The SMILES string of the molecule is CSCC(=O)N1CCN(c2ccc(Cl)cc2Cl)C(c2ccc(Cl)cc2)C1. The lowest BCUT2D eigenvalue weighted by Crippen LogP contribution is -2.51. The first-order valence-electron chi connectivity index (χ1n) is 8.23. The van der Waals surface area contributed by atoms with Gasteiger partial charge in [0.1, 0.15) is 0 Å². The Morgan fingerprint density at radius 3 is 2.42 bits per heavy atom. The van der Waals surface area contributed by atoms with E-state index >= 15 is 0 Å². The average Bonchev–Trinajstić information content (AvgIpc) is 2.62. The number of thioether (sulfide) groups is 1. The van der Waals surface area contributed by atoms with Crippen LogP contribution in [0.3, 0.4) is 0 Å². The molecule has 1 heterocycles. The standard InChI is InChI=1S/C19H19Cl3N2OS/c1-26-12-19(25)23-8-9-24(17-7-6-15(21)10-16(17)22)18(11-23)13-2-4-14(20)5-3-13/h2-7,10,18H,8-9,11-12H2,1H3. The molecule has 1 atom stereocenters. The van der Waals surface area contributed by atoms with Crippen molar-refractivity contribution in [3.05, 3.63) is 63.1 Å². The molecule has 138 valence electrons. The highest BCUT2D eigenvalue weighted by Gasteiger charge is 2.31. The molecule has 7 heteroatoms. The molecule has 0 aliphatic carbocycles. The summed E-state index contributed by atoms with van der Waals surface area (Å²) in [6.07, 6.45) is 1.94. The molecule has 0 N–H and O–H groups in total. The van der Waals surface area contributed by atoms with Crippen LogP contribution in [0.5, 0.6) is 0 Å². The molecule has 2 aromatic rings. The molecule has 1 aliphatic heterocycles. The van der Waals surface area contributed by atoms with E-state index in [2.05, 4.69) is 4.90 Å². The van der Waals surface area contributed by atoms with Gasteiger partial charge in [-0.25, -0.2) is 0 Å². The number of nitrogens with zero attached hydrogens (tertiary/aromatic N) is 2. The third kappa shape index (κ3) is 4.42. The zero-order valence-corrected chi connectivity index (χ0v) is 17.4. The summed E-state index contributed by atoms with van der Waals surface area (Å²) in [6, 6.07) is 13.3. The number of amides is 1. The van der Waals surface area contributed by atoms with Crippen molar-refractivity contribution in [2.75, 3.05) is 36.5 Å². The molecule has 1 fully saturated rings.